The van der Waals surface area contributed by atoms with Crippen LogP contribution in [0.15, 0.2) is 54.6 Å². The molecule has 148 valence electrons. The lowest BCUT2D eigenvalue weighted by atomic mass is 9.43. The summed E-state index contributed by atoms with van der Waals surface area (Å²) < 4.78 is 0. The van der Waals surface area contributed by atoms with Gasteiger partial charge in [-0.25, -0.2) is 0 Å². The molecule has 0 amide bonds. The number of quaternary nitrogens is 1. The number of nitrogens with zero attached hydrogens (tertiary/aromatic N) is 1. The number of benzene rings is 2. The van der Waals surface area contributed by atoms with Crippen molar-refractivity contribution in [3.63, 3.8) is 0 Å². The van der Waals surface area contributed by atoms with Crippen molar-refractivity contribution >= 4 is 5.69 Å². The molecule has 0 aliphatic heterocycles. The van der Waals surface area contributed by atoms with Crippen molar-refractivity contribution in [1.82, 2.24) is 0 Å². The Morgan fingerprint density at radius 2 is 1.57 bits per heavy atom. The number of hydrogen-bond acceptors (Lipinski definition) is 1. The normalized spacial score (nSPS) is 33.2. The molecule has 2 heteroatoms. The molecule has 4 aliphatic rings. The second-order valence-electron chi connectivity index (χ2n) is 10.4. The van der Waals surface area contributed by atoms with E-state index >= 15 is 0 Å². The van der Waals surface area contributed by atoms with Crippen LogP contribution in [-0.2, 0) is 12.0 Å². The van der Waals surface area contributed by atoms with Gasteiger partial charge in [-0.1, -0.05) is 42.5 Å². The lowest BCUT2D eigenvalue weighted by Gasteiger charge is -2.61. The highest BCUT2D eigenvalue weighted by Crippen LogP contribution is 2.65. The van der Waals surface area contributed by atoms with Crippen molar-refractivity contribution in [3.8, 4) is 0 Å². The van der Waals surface area contributed by atoms with Gasteiger partial charge in [0.15, 0.2) is 0 Å². The molecule has 6 rings (SSSR count). The van der Waals surface area contributed by atoms with Gasteiger partial charge in [-0.15, -0.1) is 0 Å². The number of hydrogen-bond donors (Lipinski definition) is 1. The zero-order chi connectivity index (χ0) is 19.2. The van der Waals surface area contributed by atoms with Gasteiger partial charge in [0.1, 0.15) is 6.54 Å². The van der Waals surface area contributed by atoms with Crippen LogP contribution >= 0.6 is 0 Å². The molecular formula is C26H35N2+. The Balaban J connectivity index is 1.29. The third kappa shape index (κ3) is 3.26. The van der Waals surface area contributed by atoms with E-state index in [-0.39, 0.29) is 0 Å². The van der Waals surface area contributed by atoms with Gasteiger partial charge in [0.2, 0.25) is 0 Å². The molecule has 4 saturated carbocycles. The van der Waals surface area contributed by atoms with Crippen molar-refractivity contribution < 1.29 is 5.32 Å². The summed E-state index contributed by atoms with van der Waals surface area (Å²) in [6, 6.07) is 20.6. The van der Waals surface area contributed by atoms with Gasteiger partial charge in [0.25, 0.3) is 0 Å². The smallest absolute Gasteiger partial charge is 0.101 e. The first-order valence-corrected chi connectivity index (χ1v) is 11.2. The van der Waals surface area contributed by atoms with Crippen LogP contribution in [0.3, 0.4) is 0 Å². The molecule has 4 fully saturated rings. The Morgan fingerprint density at radius 3 is 2.21 bits per heavy atom. The van der Waals surface area contributed by atoms with Crippen LogP contribution in [0.2, 0.25) is 0 Å². The van der Waals surface area contributed by atoms with Crippen LogP contribution in [-0.4, -0.2) is 20.6 Å². The Morgan fingerprint density at radius 1 is 0.893 bits per heavy atom. The predicted molar refractivity (Wildman–Crippen MR) is 117 cm³/mol. The van der Waals surface area contributed by atoms with Gasteiger partial charge >= 0.3 is 0 Å². The molecule has 0 heterocycles. The molecule has 0 radical (unpaired) electrons. The fraction of sp³-hybridized carbons (Fsp3) is 0.538. The standard InChI is InChI=1S/C26H34N2/c1-28(2)24-10-8-20(9-11-24)17-27-19-25-13-21-12-22(14-25)16-26(15-21,18-25)23-6-4-3-5-7-23/h3-11,21-22,27H,12-19H2,1-2H3/p+1/t21-,22+,25?,26?. The maximum atomic E-state index is 2.61. The minimum absolute atomic E-state index is 0.479. The van der Waals surface area contributed by atoms with Crippen molar-refractivity contribution in [1.29, 1.82) is 0 Å². The summed E-state index contributed by atoms with van der Waals surface area (Å²) in [6.07, 6.45) is 8.78. The van der Waals surface area contributed by atoms with Gasteiger partial charge in [0, 0.05) is 30.8 Å². The molecule has 4 atom stereocenters. The van der Waals surface area contributed by atoms with E-state index < -0.39 is 0 Å². The first-order chi connectivity index (χ1) is 13.6. The largest absolute Gasteiger partial charge is 0.378 e. The third-order valence-electron chi connectivity index (χ3n) is 7.98. The van der Waals surface area contributed by atoms with Gasteiger partial charge in [-0.3, -0.25) is 0 Å². The van der Waals surface area contributed by atoms with Crippen LogP contribution in [0.4, 0.5) is 5.69 Å². The summed E-state index contributed by atoms with van der Waals surface area (Å²) in [5.41, 5.74) is 5.42. The molecular weight excluding hydrogens is 340 g/mol. The van der Waals surface area contributed by atoms with E-state index in [0.29, 0.717) is 10.8 Å². The first kappa shape index (κ1) is 18.2. The Bertz CT molecular complexity index is 794. The van der Waals surface area contributed by atoms with Gasteiger partial charge in [-0.2, -0.15) is 0 Å². The summed E-state index contributed by atoms with van der Waals surface area (Å²) in [5.74, 6) is 1.93. The second kappa shape index (κ2) is 6.91. The molecule has 28 heavy (non-hydrogen) atoms. The topological polar surface area (TPSA) is 19.9 Å². The minimum atomic E-state index is 0.479. The van der Waals surface area contributed by atoms with Crippen LogP contribution in [0.25, 0.3) is 0 Å². The van der Waals surface area contributed by atoms with E-state index in [1.54, 1.807) is 5.56 Å². The van der Waals surface area contributed by atoms with Crippen molar-refractivity contribution in [2.45, 2.75) is 50.5 Å². The van der Waals surface area contributed by atoms with Crippen LogP contribution in [0.1, 0.15) is 49.7 Å². The average molecular weight is 376 g/mol. The van der Waals surface area contributed by atoms with E-state index in [0.717, 1.165) is 18.4 Å². The zero-order valence-corrected chi connectivity index (χ0v) is 17.5. The van der Waals surface area contributed by atoms with Gasteiger partial charge in [-0.05, 0) is 73.5 Å². The molecule has 2 aromatic rings. The SMILES string of the molecule is CN(C)c1ccc(C[NH2+]CC23C[C@H]4C[C@@H](C2)CC(c2ccccc2)(C4)C3)cc1. The van der Waals surface area contributed by atoms with E-state index in [4.69, 9.17) is 0 Å². The van der Waals surface area contributed by atoms with Gasteiger partial charge < -0.3 is 10.2 Å². The molecule has 2 unspecified atom stereocenters. The van der Waals surface area contributed by atoms with E-state index in [9.17, 15) is 0 Å². The molecule has 0 spiro atoms. The van der Waals surface area contributed by atoms with Crippen molar-refractivity contribution in [2.24, 2.45) is 17.3 Å². The minimum Gasteiger partial charge on any atom is -0.378 e. The number of anilines is 1. The highest BCUT2D eigenvalue weighted by atomic mass is 15.1. The van der Waals surface area contributed by atoms with Crippen LogP contribution in [0, 0.1) is 17.3 Å². The lowest BCUT2D eigenvalue weighted by Crippen LogP contribution is -2.86. The summed E-state index contributed by atoms with van der Waals surface area (Å²) in [4.78, 5) is 2.17. The predicted octanol–water partition coefficient (Wildman–Crippen LogP) is 4.35. The third-order valence-corrected chi connectivity index (χ3v) is 7.98. The monoisotopic (exact) mass is 375 g/mol. The van der Waals surface area contributed by atoms with Gasteiger partial charge in [0.05, 0.1) is 6.54 Å². The summed E-state index contributed by atoms with van der Waals surface area (Å²) in [6.45, 7) is 2.42. The van der Waals surface area contributed by atoms with E-state index in [2.05, 4.69) is 78.9 Å². The number of rotatable bonds is 6. The fourth-order valence-corrected chi connectivity index (χ4v) is 7.30. The molecule has 2 aromatic carbocycles. The molecule has 0 aromatic heterocycles. The Kier molecular flexibility index (Phi) is 4.50. The zero-order valence-electron chi connectivity index (χ0n) is 17.5. The van der Waals surface area contributed by atoms with E-state index in [1.165, 1.54) is 56.3 Å². The first-order valence-electron chi connectivity index (χ1n) is 11.2. The highest BCUT2D eigenvalue weighted by Gasteiger charge is 2.58. The lowest BCUT2D eigenvalue weighted by molar-refractivity contribution is -0.684. The average Bonchev–Trinajstić information content (AvgIpc) is 2.68. The number of nitrogens with two attached hydrogens (primary N) is 1. The molecule has 0 saturated heterocycles. The fourth-order valence-electron chi connectivity index (χ4n) is 7.30. The van der Waals surface area contributed by atoms with Crippen molar-refractivity contribution in [2.75, 3.05) is 25.5 Å². The van der Waals surface area contributed by atoms with Crippen LogP contribution < -0.4 is 10.2 Å². The highest BCUT2D eigenvalue weighted by molar-refractivity contribution is 5.45. The quantitative estimate of drug-likeness (QED) is 0.795. The maximum Gasteiger partial charge on any atom is 0.101 e. The molecule has 4 bridgehead atoms. The molecule has 2 nitrogen and oxygen atoms in total. The van der Waals surface area contributed by atoms with E-state index in [1.807, 2.05) is 0 Å². The van der Waals surface area contributed by atoms with Crippen LogP contribution in [0.5, 0.6) is 0 Å². The molecule has 2 N–H and O–H groups in total. The Labute approximate surface area is 170 Å². The maximum absolute atomic E-state index is 2.61. The molecule has 4 aliphatic carbocycles. The Hall–Kier alpha value is -1.80. The summed E-state index contributed by atoms with van der Waals surface area (Å²) in [7, 11) is 4.22. The summed E-state index contributed by atoms with van der Waals surface area (Å²) in [5, 5.41) is 2.61. The summed E-state index contributed by atoms with van der Waals surface area (Å²) >= 11 is 0. The second-order valence-corrected chi connectivity index (χ2v) is 10.4. The van der Waals surface area contributed by atoms with Crippen molar-refractivity contribution in [3.05, 3.63) is 65.7 Å².